The van der Waals surface area contributed by atoms with Crippen LogP contribution in [0.25, 0.3) is 10.9 Å². The summed E-state index contributed by atoms with van der Waals surface area (Å²) in [6.07, 6.45) is 3.49. The normalized spacial score (nSPS) is 10.6. The van der Waals surface area contributed by atoms with E-state index in [1.165, 1.54) is 0 Å². The molecule has 1 amide bonds. The van der Waals surface area contributed by atoms with Crippen LogP contribution in [0.2, 0.25) is 0 Å². The molecule has 0 unspecified atom stereocenters. The standard InChI is InChI=1S/C15H13N3O/c1-18-10-12(11-6-2-3-7-13(11)18)15(19)17-14-8-4-5-9-16-14/h2-10H,1H3,(H,16,17,19). The molecule has 1 N–H and O–H groups in total. The van der Waals surface area contributed by atoms with E-state index in [1.54, 1.807) is 12.3 Å². The lowest BCUT2D eigenvalue weighted by Gasteiger charge is -2.02. The van der Waals surface area contributed by atoms with Gasteiger partial charge in [-0.1, -0.05) is 24.3 Å². The molecule has 0 aliphatic rings. The number of amides is 1. The maximum absolute atomic E-state index is 12.3. The highest BCUT2D eigenvalue weighted by Crippen LogP contribution is 2.21. The zero-order chi connectivity index (χ0) is 13.2. The molecule has 3 rings (SSSR count). The Morgan fingerprint density at radius 1 is 1.16 bits per heavy atom. The number of aromatic nitrogens is 2. The fourth-order valence-corrected chi connectivity index (χ4v) is 2.14. The average molecular weight is 251 g/mol. The predicted octanol–water partition coefficient (Wildman–Crippen LogP) is 2.83. The Morgan fingerprint density at radius 3 is 2.74 bits per heavy atom. The average Bonchev–Trinajstić information content (AvgIpc) is 2.78. The fourth-order valence-electron chi connectivity index (χ4n) is 2.14. The van der Waals surface area contributed by atoms with Gasteiger partial charge in [-0.3, -0.25) is 4.79 Å². The number of anilines is 1. The summed E-state index contributed by atoms with van der Waals surface area (Å²) in [5.74, 6) is 0.413. The first-order chi connectivity index (χ1) is 9.25. The van der Waals surface area contributed by atoms with Crippen LogP contribution >= 0.6 is 0 Å². The van der Waals surface area contributed by atoms with Crippen molar-refractivity contribution in [3.8, 4) is 0 Å². The SMILES string of the molecule is Cn1cc(C(=O)Nc2ccccn2)c2ccccc21. The van der Waals surface area contributed by atoms with Gasteiger partial charge in [0, 0.05) is 30.3 Å². The zero-order valence-corrected chi connectivity index (χ0v) is 10.5. The second kappa shape index (κ2) is 4.57. The molecule has 0 saturated heterocycles. The largest absolute Gasteiger partial charge is 0.350 e. The molecule has 3 aromatic rings. The summed E-state index contributed by atoms with van der Waals surface area (Å²) in [7, 11) is 1.93. The number of nitrogens with one attached hydrogen (secondary N) is 1. The summed E-state index contributed by atoms with van der Waals surface area (Å²) < 4.78 is 1.95. The smallest absolute Gasteiger partial charge is 0.258 e. The molecule has 0 fully saturated rings. The van der Waals surface area contributed by atoms with E-state index in [1.807, 2.05) is 54.2 Å². The highest BCUT2D eigenvalue weighted by molar-refractivity contribution is 6.12. The first-order valence-corrected chi connectivity index (χ1v) is 6.02. The minimum atomic E-state index is -0.143. The van der Waals surface area contributed by atoms with Crippen LogP contribution in [0.15, 0.2) is 54.9 Å². The van der Waals surface area contributed by atoms with Crippen molar-refractivity contribution in [1.29, 1.82) is 0 Å². The van der Waals surface area contributed by atoms with Crippen molar-refractivity contribution in [3.05, 3.63) is 60.4 Å². The minimum Gasteiger partial charge on any atom is -0.350 e. The third kappa shape index (κ3) is 2.08. The Morgan fingerprint density at radius 2 is 1.95 bits per heavy atom. The summed E-state index contributed by atoms with van der Waals surface area (Å²) >= 11 is 0. The summed E-state index contributed by atoms with van der Waals surface area (Å²) in [5.41, 5.74) is 1.69. The van der Waals surface area contributed by atoms with Gasteiger partial charge in [0.2, 0.25) is 0 Å². The molecule has 2 aromatic heterocycles. The Hall–Kier alpha value is -2.62. The number of fused-ring (bicyclic) bond motifs is 1. The summed E-state index contributed by atoms with van der Waals surface area (Å²) in [6, 6.07) is 13.3. The van der Waals surface area contributed by atoms with E-state index in [-0.39, 0.29) is 5.91 Å². The van der Waals surface area contributed by atoms with Gasteiger partial charge in [0.25, 0.3) is 5.91 Å². The third-order valence-corrected chi connectivity index (χ3v) is 3.05. The number of para-hydroxylation sites is 1. The second-order valence-electron chi connectivity index (χ2n) is 4.34. The van der Waals surface area contributed by atoms with Crippen LogP contribution in [0.5, 0.6) is 0 Å². The van der Waals surface area contributed by atoms with Gasteiger partial charge in [-0.05, 0) is 18.2 Å². The summed E-state index contributed by atoms with van der Waals surface area (Å²) in [4.78, 5) is 16.4. The van der Waals surface area contributed by atoms with Crippen LogP contribution in [0.4, 0.5) is 5.82 Å². The number of nitrogens with zero attached hydrogens (tertiary/aromatic N) is 2. The van der Waals surface area contributed by atoms with Gasteiger partial charge in [-0.15, -0.1) is 0 Å². The lowest BCUT2D eigenvalue weighted by atomic mass is 10.1. The number of rotatable bonds is 2. The molecule has 0 saturated carbocycles. The fraction of sp³-hybridized carbons (Fsp3) is 0.0667. The monoisotopic (exact) mass is 251 g/mol. The van der Waals surface area contributed by atoms with E-state index < -0.39 is 0 Å². The maximum Gasteiger partial charge on any atom is 0.258 e. The lowest BCUT2D eigenvalue weighted by Crippen LogP contribution is -2.12. The molecule has 19 heavy (non-hydrogen) atoms. The molecule has 1 aromatic carbocycles. The Labute approximate surface area is 110 Å². The lowest BCUT2D eigenvalue weighted by molar-refractivity contribution is 0.102. The summed E-state index contributed by atoms with van der Waals surface area (Å²) in [5, 5.41) is 3.74. The molecule has 2 heterocycles. The molecular formula is C15H13N3O. The van der Waals surface area contributed by atoms with E-state index >= 15 is 0 Å². The molecule has 94 valence electrons. The summed E-state index contributed by atoms with van der Waals surface area (Å²) in [6.45, 7) is 0. The van der Waals surface area contributed by atoms with Gasteiger partial charge in [-0.2, -0.15) is 0 Å². The zero-order valence-electron chi connectivity index (χ0n) is 10.5. The van der Waals surface area contributed by atoms with Crippen molar-refractivity contribution >= 4 is 22.6 Å². The molecule has 0 radical (unpaired) electrons. The minimum absolute atomic E-state index is 0.143. The van der Waals surface area contributed by atoms with Gasteiger partial charge >= 0.3 is 0 Å². The van der Waals surface area contributed by atoms with Crippen molar-refractivity contribution in [1.82, 2.24) is 9.55 Å². The molecule has 0 aliphatic carbocycles. The molecule has 4 heteroatoms. The number of hydrogen-bond acceptors (Lipinski definition) is 2. The second-order valence-corrected chi connectivity index (χ2v) is 4.34. The molecule has 0 bridgehead atoms. The van der Waals surface area contributed by atoms with Crippen LogP contribution in [-0.2, 0) is 7.05 Å². The van der Waals surface area contributed by atoms with E-state index in [4.69, 9.17) is 0 Å². The maximum atomic E-state index is 12.3. The van der Waals surface area contributed by atoms with Crippen LogP contribution in [0.1, 0.15) is 10.4 Å². The van der Waals surface area contributed by atoms with E-state index in [0.29, 0.717) is 11.4 Å². The Balaban J connectivity index is 1.98. The number of aryl methyl sites for hydroxylation is 1. The van der Waals surface area contributed by atoms with Gasteiger partial charge in [0.05, 0.1) is 5.56 Å². The molecule has 4 nitrogen and oxygen atoms in total. The number of pyridine rings is 1. The van der Waals surface area contributed by atoms with Crippen LogP contribution < -0.4 is 5.32 Å². The topological polar surface area (TPSA) is 46.9 Å². The number of carbonyl (C=O) groups is 1. The Kier molecular flexibility index (Phi) is 2.76. The first-order valence-electron chi connectivity index (χ1n) is 6.02. The van der Waals surface area contributed by atoms with Crippen LogP contribution in [0, 0.1) is 0 Å². The van der Waals surface area contributed by atoms with Crippen molar-refractivity contribution in [3.63, 3.8) is 0 Å². The molecule has 0 atom stereocenters. The van der Waals surface area contributed by atoms with Crippen molar-refractivity contribution in [2.45, 2.75) is 0 Å². The number of carbonyl (C=O) groups excluding carboxylic acids is 1. The van der Waals surface area contributed by atoms with Gasteiger partial charge in [0.1, 0.15) is 5.82 Å². The van der Waals surface area contributed by atoms with Crippen LogP contribution in [-0.4, -0.2) is 15.5 Å². The van der Waals surface area contributed by atoms with Crippen molar-refractivity contribution in [2.24, 2.45) is 7.05 Å². The molecule has 0 spiro atoms. The van der Waals surface area contributed by atoms with E-state index in [9.17, 15) is 4.79 Å². The first kappa shape index (κ1) is 11.5. The van der Waals surface area contributed by atoms with Gasteiger partial charge in [-0.25, -0.2) is 4.98 Å². The van der Waals surface area contributed by atoms with Crippen molar-refractivity contribution < 1.29 is 4.79 Å². The highest BCUT2D eigenvalue weighted by atomic mass is 16.1. The van der Waals surface area contributed by atoms with E-state index in [2.05, 4.69) is 10.3 Å². The Bertz CT molecular complexity index is 731. The highest BCUT2D eigenvalue weighted by Gasteiger charge is 2.13. The molecular weight excluding hydrogens is 238 g/mol. The van der Waals surface area contributed by atoms with Gasteiger partial charge in [0.15, 0.2) is 0 Å². The predicted molar refractivity (Wildman–Crippen MR) is 75.1 cm³/mol. The number of benzene rings is 1. The van der Waals surface area contributed by atoms with Crippen molar-refractivity contribution in [2.75, 3.05) is 5.32 Å². The van der Waals surface area contributed by atoms with Crippen LogP contribution in [0.3, 0.4) is 0 Å². The number of hydrogen-bond donors (Lipinski definition) is 1. The van der Waals surface area contributed by atoms with Gasteiger partial charge < -0.3 is 9.88 Å². The quantitative estimate of drug-likeness (QED) is 0.761. The van der Waals surface area contributed by atoms with E-state index in [0.717, 1.165) is 10.9 Å². The molecule has 0 aliphatic heterocycles. The third-order valence-electron chi connectivity index (χ3n) is 3.05.